The topological polar surface area (TPSA) is 55.1 Å². The lowest BCUT2D eigenvalue weighted by molar-refractivity contribution is 0.102. The van der Waals surface area contributed by atoms with Crippen molar-refractivity contribution in [2.75, 3.05) is 5.32 Å². The second kappa shape index (κ2) is 10.8. The number of hydrogen-bond acceptors (Lipinski definition) is 3. The molecule has 4 heteroatoms. The number of aryl methyl sites for hydroxylation is 1. The van der Waals surface area contributed by atoms with Crippen LogP contribution in [0.5, 0.6) is 0 Å². The molecule has 0 unspecified atom stereocenters. The lowest BCUT2D eigenvalue weighted by atomic mass is 10.2. The number of nitrogens with one attached hydrogen (secondary N) is 1. The summed E-state index contributed by atoms with van der Waals surface area (Å²) >= 11 is 0. The second-order valence-corrected chi connectivity index (χ2v) is 3.82. The van der Waals surface area contributed by atoms with Crippen LogP contribution in [0.1, 0.15) is 50.2 Å². The standard InChI is InChI=1S/C11H10N2O2.C3H8.C2H6/c1-8-10(7-12-15-8)11(14)13-9-5-3-2-4-6-9;1-3-2;1-2/h2-7H,1H3,(H,13,14);3H2,1-2H3;1-2H3. The van der Waals surface area contributed by atoms with Gasteiger partial charge in [0.25, 0.3) is 5.91 Å². The van der Waals surface area contributed by atoms with Gasteiger partial charge in [-0.1, -0.05) is 57.5 Å². The molecule has 1 amide bonds. The van der Waals surface area contributed by atoms with Crippen molar-refractivity contribution in [2.24, 2.45) is 0 Å². The van der Waals surface area contributed by atoms with Crippen LogP contribution >= 0.6 is 0 Å². The molecular formula is C16H24N2O2. The molecule has 0 saturated carbocycles. The maximum atomic E-state index is 11.7. The molecular weight excluding hydrogens is 252 g/mol. The van der Waals surface area contributed by atoms with E-state index in [0.717, 1.165) is 5.69 Å². The second-order valence-electron chi connectivity index (χ2n) is 3.82. The van der Waals surface area contributed by atoms with Crippen LogP contribution in [0.2, 0.25) is 0 Å². The zero-order chi connectivity index (χ0) is 15.4. The highest BCUT2D eigenvalue weighted by molar-refractivity contribution is 6.04. The normalized spacial score (nSPS) is 8.65. The SMILES string of the molecule is CC.CCC.Cc1oncc1C(=O)Nc1ccccc1. The van der Waals surface area contributed by atoms with Crippen LogP contribution in [0.4, 0.5) is 5.69 Å². The molecule has 2 rings (SSSR count). The van der Waals surface area contributed by atoms with E-state index in [2.05, 4.69) is 24.3 Å². The Morgan fingerprint density at radius 3 is 2.20 bits per heavy atom. The van der Waals surface area contributed by atoms with Crippen LogP contribution in [-0.4, -0.2) is 11.1 Å². The predicted molar refractivity (Wildman–Crippen MR) is 82.9 cm³/mol. The minimum absolute atomic E-state index is 0.208. The largest absolute Gasteiger partial charge is 0.361 e. The van der Waals surface area contributed by atoms with Crippen LogP contribution in [0.15, 0.2) is 41.1 Å². The van der Waals surface area contributed by atoms with Crippen molar-refractivity contribution in [1.29, 1.82) is 0 Å². The highest BCUT2D eigenvalue weighted by Gasteiger charge is 2.12. The summed E-state index contributed by atoms with van der Waals surface area (Å²) in [5.74, 6) is 0.309. The van der Waals surface area contributed by atoms with E-state index >= 15 is 0 Å². The Balaban J connectivity index is 0.000000641. The maximum absolute atomic E-state index is 11.7. The van der Waals surface area contributed by atoms with Gasteiger partial charge in [0.05, 0.1) is 6.20 Å². The molecule has 1 N–H and O–H groups in total. The van der Waals surface area contributed by atoms with Crippen LogP contribution in [-0.2, 0) is 0 Å². The van der Waals surface area contributed by atoms with Gasteiger partial charge in [-0.05, 0) is 19.1 Å². The predicted octanol–water partition coefficient (Wildman–Crippen LogP) is 4.68. The van der Waals surface area contributed by atoms with Gasteiger partial charge in [0.2, 0.25) is 0 Å². The Kier molecular flexibility index (Phi) is 9.66. The average molecular weight is 276 g/mol. The van der Waals surface area contributed by atoms with Crippen LogP contribution in [0.3, 0.4) is 0 Å². The summed E-state index contributed by atoms with van der Waals surface area (Å²) in [6.45, 7) is 9.95. The van der Waals surface area contributed by atoms with Crippen molar-refractivity contribution in [3.05, 3.63) is 47.9 Å². The molecule has 0 saturated heterocycles. The Morgan fingerprint density at radius 1 is 1.20 bits per heavy atom. The summed E-state index contributed by atoms with van der Waals surface area (Å²) in [5.41, 5.74) is 1.21. The Bertz CT molecular complexity index is 478. The first kappa shape index (κ1) is 17.9. The van der Waals surface area contributed by atoms with Crippen molar-refractivity contribution >= 4 is 11.6 Å². The van der Waals surface area contributed by atoms with Crippen molar-refractivity contribution in [3.8, 4) is 0 Å². The van der Waals surface area contributed by atoms with E-state index in [1.807, 2.05) is 44.2 Å². The first-order valence-corrected chi connectivity index (χ1v) is 6.96. The lowest BCUT2D eigenvalue weighted by Crippen LogP contribution is -2.11. The molecule has 4 nitrogen and oxygen atoms in total. The van der Waals surface area contributed by atoms with Gasteiger partial charge >= 0.3 is 0 Å². The fraction of sp³-hybridized carbons (Fsp3) is 0.375. The number of benzene rings is 1. The van der Waals surface area contributed by atoms with E-state index in [-0.39, 0.29) is 5.91 Å². The van der Waals surface area contributed by atoms with E-state index < -0.39 is 0 Å². The van der Waals surface area contributed by atoms with Crippen molar-refractivity contribution in [3.63, 3.8) is 0 Å². The molecule has 1 aromatic carbocycles. The molecule has 0 fully saturated rings. The zero-order valence-corrected chi connectivity index (χ0v) is 12.9. The Morgan fingerprint density at radius 2 is 1.75 bits per heavy atom. The summed E-state index contributed by atoms with van der Waals surface area (Å²) in [7, 11) is 0. The van der Waals surface area contributed by atoms with E-state index in [1.54, 1.807) is 6.92 Å². The van der Waals surface area contributed by atoms with Gasteiger partial charge < -0.3 is 9.84 Å². The monoisotopic (exact) mass is 276 g/mol. The number of hydrogen-bond donors (Lipinski definition) is 1. The Hall–Kier alpha value is -2.10. The van der Waals surface area contributed by atoms with Gasteiger partial charge in [0.1, 0.15) is 11.3 Å². The van der Waals surface area contributed by atoms with E-state index in [1.165, 1.54) is 12.6 Å². The van der Waals surface area contributed by atoms with Gasteiger partial charge in [0, 0.05) is 5.69 Å². The molecule has 0 aliphatic carbocycles. The average Bonchev–Trinajstić information content (AvgIpc) is 2.89. The third-order valence-corrected chi connectivity index (χ3v) is 2.03. The number of carbonyl (C=O) groups excluding carboxylic acids is 1. The summed E-state index contributed by atoms with van der Waals surface area (Å²) in [6, 6.07) is 9.24. The van der Waals surface area contributed by atoms with Gasteiger partial charge in [0.15, 0.2) is 0 Å². The number of nitrogens with zero attached hydrogens (tertiary/aromatic N) is 1. The quantitative estimate of drug-likeness (QED) is 0.866. The van der Waals surface area contributed by atoms with E-state index in [0.29, 0.717) is 11.3 Å². The highest BCUT2D eigenvalue weighted by atomic mass is 16.5. The fourth-order valence-corrected chi connectivity index (χ4v) is 1.24. The van der Waals surface area contributed by atoms with E-state index in [9.17, 15) is 4.79 Å². The summed E-state index contributed by atoms with van der Waals surface area (Å²) in [5, 5.41) is 6.29. The number of anilines is 1. The van der Waals surface area contributed by atoms with Crippen LogP contribution < -0.4 is 5.32 Å². The minimum atomic E-state index is -0.208. The van der Waals surface area contributed by atoms with Gasteiger partial charge in [-0.2, -0.15) is 0 Å². The Labute approximate surface area is 121 Å². The van der Waals surface area contributed by atoms with E-state index in [4.69, 9.17) is 4.52 Å². The molecule has 1 aromatic heterocycles. The third-order valence-electron chi connectivity index (χ3n) is 2.03. The third kappa shape index (κ3) is 6.18. The number of carbonyl (C=O) groups is 1. The number of para-hydroxylation sites is 1. The number of aromatic nitrogens is 1. The number of rotatable bonds is 2. The molecule has 20 heavy (non-hydrogen) atoms. The maximum Gasteiger partial charge on any atom is 0.260 e. The van der Waals surface area contributed by atoms with Crippen LogP contribution in [0, 0.1) is 6.92 Å². The zero-order valence-electron chi connectivity index (χ0n) is 12.9. The number of amides is 1. The van der Waals surface area contributed by atoms with Gasteiger partial charge in [-0.15, -0.1) is 0 Å². The van der Waals surface area contributed by atoms with Crippen molar-refractivity contribution in [1.82, 2.24) is 5.16 Å². The molecule has 0 atom stereocenters. The first-order chi connectivity index (χ1) is 9.69. The fourth-order valence-electron chi connectivity index (χ4n) is 1.24. The molecule has 1 heterocycles. The van der Waals surface area contributed by atoms with Gasteiger partial charge in [-0.25, -0.2) is 0 Å². The molecule has 0 spiro atoms. The molecule has 0 aliphatic heterocycles. The molecule has 0 bridgehead atoms. The molecule has 0 aliphatic rings. The molecule has 2 aromatic rings. The van der Waals surface area contributed by atoms with Crippen molar-refractivity contribution in [2.45, 2.75) is 41.0 Å². The summed E-state index contributed by atoms with van der Waals surface area (Å²) < 4.78 is 4.81. The first-order valence-electron chi connectivity index (χ1n) is 6.96. The highest BCUT2D eigenvalue weighted by Crippen LogP contribution is 2.10. The minimum Gasteiger partial charge on any atom is -0.361 e. The molecule has 0 radical (unpaired) electrons. The van der Waals surface area contributed by atoms with Crippen molar-refractivity contribution < 1.29 is 9.32 Å². The summed E-state index contributed by atoms with van der Waals surface area (Å²) in [6.07, 6.45) is 2.66. The van der Waals surface area contributed by atoms with Crippen LogP contribution in [0.25, 0.3) is 0 Å². The smallest absolute Gasteiger partial charge is 0.260 e. The molecule has 110 valence electrons. The lowest BCUT2D eigenvalue weighted by Gasteiger charge is -2.02. The van der Waals surface area contributed by atoms with Gasteiger partial charge in [-0.3, -0.25) is 4.79 Å². The summed E-state index contributed by atoms with van der Waals surface area (Å²) in [4.78, 5) is 11.7.